The number of hydrogen-bond acceptors (Lipinski definition) is 4. The van der Waals surface area contributed by atoms with Crippen LogP contribution in [0.1, 0.15) is 28.8 Å². The van der Waals surface area contributed by atoms with Crippen molar-refractivity contribution in [2.24, 2.45) is 5.92 Å². The van der Waals surface area contributed by atoms with Gasteiger partial charge in [0.15, 0.2) is 5.78 Å². The number of nitrogens with zero attached hydrogens (tertiary/aromatic N) is 1. The van der Waals surface area contributed by atoms with Crippen molar-refractivity contribution >= 4 is 17.7 Å². The van der Waals surface area contributed by atoms with E-state index in [4.69, 9.17) is 4.74 Å². The molecule has 1 saturated heterocycles. The molecule has 27 heavy (non-hydrogen) atoms. The number of Topliss-reactive ketones (excluding diaryl/α,β-unsaturated/α-hetero) is 2. The third-order valence-corrected chi connectivity index (χ3v) is 4.59. The number of carbonyl (C=O) groups excluding carboxylic acids is 3. The molecular weight excluding hydrogens is 349 g/mol. The number of hydrogen-bond donors (Lipinski definition) is 0. The predicted octanol–water partition coefficient (Wildman–Crippen LogP) is 3.63. The Bertz CT molecular complexity index is 820. The van der Waals surface area contributed by atoms with Gasteiger partial charge in [-0.25, -0.2) is 9.18 Å². The summed E-state index contributed by atoms with van der Waals surface area (Å²) in [4.78, 5) is 38.3. The number of likely N-dealkylation sites (tertiary alicyclic amines) is 1. The Balaban J connectivity index is 1.56. The van der Waals surface area contributed by atoms with Crippen LogP contribution in [0.25, 0.3) is 0 Å². The molecule has 2 aromatic carbocycles. The summed E-state index contributed by atoms with van der Waals surface area (Å²) >= 11 is 0. The van der Waals surface area contributed by atoms with Gasteiger partial charge in [-0.15, -0.1) is 0 Å². The molecule has 0 aliphatic carbocycles. The van der Waals surface area contributed by atoms with Gasteiger partial charge in [-0.1, -0.05) is 30.3 Å². The summed E-state index contributed by atoms with van der Waals surface area (Å²) in [7, 11) is 0. The van der Waals surface area contributed by atoms with E-state index in [2.05, 4.69) is 0 Å². The maximum Gasteiger partial charge on any atom is 0.410 e. The maximum atomic E-state index is 13.0. The number of carbonyl (C=O) groups is 3. The lowest BCUT2D eigenvalue weighted by Gasteiger charge is -2.30. The molecular formula is C21H20FNO4. The monoisotopic (exact) mass is 369 g/mol. The lowest BCUT2D eigenvalue weighted by atomic mass is 9.90. The van der Waals surface area contributed by atoms with Crippen LogP contribution in [0.3, 0.4) is 0 Å². The lowest BCUT2D eigenvalue weighted by molar-refractivity contribution is -0.125. The fraction of sp³-hybridized carbons (Fsp3) is 0.286. The third-order valence-electron chi connectivity index (χ3n) is 4.59. The predicted molar refractivity (Wildman–Crippen MR) is 96.7 cm³/mol. The molecule has 6 heteroatoms. The second kappa shape index (κ2) is 8.58. The van der Waals surface area contributed by atoms with E-state index in [9.17, 15) is 18.8 Å². The molecule has 1 amide bonds. The molecule has 1 aliphatic heterocycles. The van der Waals surface area contributed by atoms with Gasteiger partial charge >= 0.3 is 6.09 Å². The standard InChI is InChI=1S/C21H20FNO4/c22-18-8-6-16(7-9-18)20(25)12-17-13-23(11-10-19(17)24)21(26)27-14-15-4-2-1-3-5-15/h1-9,17H,10-14H2. The van der Waals surface area contributed by atoms with Crippen LogP contribution < -0.4 is 0 Å². The normalized spacial score (nSPS) is 16.9. The van der Waals surface area contributed by atoms with Crippen molar-refractivity contribution in [2.75, 3.05) is 13.1 Å². The average molecular weight is 369 g/mol. The minimum absolute atomic E-state index is 0.00701. The topological polar surface area (TPSA) is 63.7 Å². The molecule has 0 saturated carbocycles. The van der Waals surface area contributed by atoms with Crippen LogP contribution in [0.15, 0.2) is 54.6 Å². The van der Waals surface area contributed by atoms with Gasteiger partial charge in [-0.3, -0.25) is 9.59 Å². The van der Waals surface area contributed by atoms with Crippen molar-refractivity contribution in [1.82, 2.24) is 4.90 Å². The maximum absolute atomic E-state index is 13.0. The minimum atomic E-state index is -0.569. The highest BCUT2D eigenvalue weighted by molar-refractivity contribution is 5.99. The third kappa shape index (κ3) is 5.00. The van der Waals surface area contributed by atoms with Crippen molar-refractivity contribution in [1.29, 1.82) is 0 Å². The summed E-state index contributed by atoms with van der Waals surface area (Å²) in [6.45, 7) is 0.594. The molecule has 0 aromatic heterocycles. The summed E-state index contributed by atoms with van der Waals surface area (Å²) in [5.74, 6) is -1.28. The highest BCUT2D eigenvalue weighted by atomic mass is 19.1. The molecule has 140 valence electrons. The molecule has 0 spiro atoms. The molecule has 2 aromatic rings. The van der Waals surface area contributed by atoms with Crippen molar-refractivity contribution in [2.45, 2.75) is 19.4 Å². The Morgan fingerprint density at radius 2 is 1.78 bits per heavy atom. The molecule has 1 unspecified atom stereocenters. The van der Waals surface area contributed by atoms with Gasteiger partial charge in [0.05, 0.1) is 0 Å². The van der Waals surface area contributed by atoms with E-state index in [-0.39, 0.29) is 44.1 Å². The van der Waals surface area contributed by atoms with Gasteiger partial charge in [0.1, 0.15) is 18.2 Å². The first-order valence-corrected chi connectivity index (χ1v) is 8.80. The van der Waals surface area contributed by atoms with Gasteiger partial charge in [0.2, 0.25) is 0 Å². The fourth-order valence-electron chi connectivity index (χ4n) is 3.04. The van der Waals surface area contributed by atoms with Crippen LogP contribution in [0.4, 0.5) is 9.18 Å². The molecule has 1 aliphatic rings. The Kier molecular flexibility index (Phi) is 5.96. The van der Waals surface area contributed by atoms with E-state index in [1.165, 1.54) is 29.2 Å². The molecule has 5 nitrogen and oxygen atoms in total. The van der Waals surface area contributed by atoms with Crippen molar-refractivity contribution < 1.29 is 23.5 Å². The van der Waals surface area contributed by atoms with Crippen LogP contribution in [0.5, 0.6) is 0 Å². The zero-order valence-corrected chi connectivity index (χ0v) is 14.8. The van der Waals surface area contributed by atoms with Crippen LogP contribution >= 0.6 is 0 Å². The van der Waals surface area contributed by atoms with Gasteiger partial charge < -0.3 is 9.64 Å². The SMILES string of the molecule is O=C(CC1CN(C(=O)OCc2ccccc2)CCC1=O)c1ccc(F)cc1. The lowest BCUT2D eigenvalue weighted by Crippen LogP contribution is -2.44. The first-order chi connectivity index (χ1) is 13.0. The van der Waals surface area contributed by atoms with Crippen molar-refractivity contribution in [3.63, 3.8) is 0 Å². The molecule has 1 heterocycles. The van der Waals surface area contributed by atoms with Crippen molar-refractivity contribution in [3.05, 3.63) is 71.5 Å². The zero-order valence-electron chi connectivity index (χ0n) is 14.8. The summed E-state index contributed by atoms with van der Waals surface area (Å²) in [6, 6.07) is 14.5. The number of ether oxygens (including phenoxy) is 1. The Hall–Kier alpha value is -3.02. The van der Waals surface area contributed by atoms with E-state index in [1.807, 2.05) is 30.3 Å². The molecule has 1 fully saturated rings. The number of piperidine rings is 1. The molecule has 0 bridgehead atoms. The first-order valence-electron chi connectivity index (χ1n) is 8.80. The van der Waals surface area contributed by atoms with E-state index >= 15 is 0 Å². The Labute approximate surface area is 156 Å². The van der Waals surface area contributed by atoms with Gasteiger partial charge in [0, 0.05) is 37.4 Å². The quantitative estimate of drug-likeness (QED) is 0.755. The van der Waals surface area contributed by atoms with E-state index in [0.717, 1.165) is 5.56 Å². The van der Waals surface area contributed by atoms with Gasteiger partial charge in [0.25, 0.3) is 0 Å². The minimum Gasteiger partial charge on any atom is -0.445 e. The molecule has 3 rings (SSSR count). The van der Waals surface area contributed by atoms with Crippen molar-refractivity contribution in [3.8, 4) is 0 Å². The van der Waals surface area contributed by atoms with Crippen LogP contribution in [-0.2, 0) is 16.1 Å². The molecule has 1 atom stereocenters. The smallest absolute Gasteiger partial charge is 0.410 e. The highest BCUT2D eigenvalue weighted by Crippen LogP contribution is 2.20. The number of ketones is 2. The van der Waals surface area contributed by atoms with E-state index < -0.39 is 17.8 Å². The van der Waals surface area contributed by atoms with Crippen LogP contribution in [0, 0.1) is 11.7 Å². The van der Waals surface area contributed by atoms with Gasteiger partial charge in [-0.05, 0) is 29.8 Å². The summed E-state index contributed by atoms with van der Waals surface area (Å²) < 4.78 is 18.3. The summed E-state index contributed by atoms with van der Waals surface area (Å²) in [5, 5.41) is 0. The number of benzene rings is 2. The van der Waals surface area contributed by atoms with E-state index in [0.29, 0.717) is 5.56 Å². The van der Waals surface area contributed by atoms with Crippen LogP contribution in [0.2, 0.25) is 0 Å². The average Bonchev–Trinajstić information content (AvgIpc) is 2.69. The second-order valence-electron chi connectivity index (χ2n) is 6.53. The van der Waals surface area contributed by atoms with Crippen LogP contribution in [-0.4, -0.2) is 35.6 Å². The summed E-state index contributed by atoms with van der Waals surface area (Å²) in [6.07, 6.45) is -0.306. The van der Waals surface area contributed by atoms with Gasteiger partial charge in [-0.2, -0.15) is 0 Å². The zero-order chi connectivity index (χ0) is 19.2. The molecule has 0 radical (unpaired) electrons. The van der Waals surface area contributed by atoms with E-state index in [1.54, 1.807) is 0 Å². The Morgan fingerprint density at radius 1 is 1.07 bits per heavy atom. The Morgan fingerprint density at radius 3 is 2.48 bits per heavy atom. The fourth-order valence-corrected chi connectivity index (χ4v) is 3.04. The largest absolute Gasteiger partial charge is 0.445 e. The second-order valence-corrected chi connectivity index (χ2v) is 6.53. The number of halogens is 1. The molecule has 0 N–H and O–H groups in total. The highest BCUT2D eigenvalue weighted by Gasteiger charge is 2.32. The number of amides is 1. The first kappa shape index (κ1) is 18.8. The number of rotatable bonds is 5. The summed E-state index contributed by atoms with van der Waals surface area (Å²) in [5.41, 5.74) is 1.23.